The second-order valence-electron chi connectivity index (χ2n) is 25.9. The fourth-order valence-electron chi connectivity index (χ4n) is 10.4. The molecule has 0 aromatic carbocycles. The van der Waals surface area contributed by atoms with E-state index in [1.54, 1.807) is 0 Å². The molecule has 5 atom stereocenters. The lowest BCUT2D eigenvalue weighted by Crippen LogP contribution is -2.30. The lowest BCUT2D eigenvalue weighted by atomic mass is 10.1. The van der Waals surface area contributed by atoms with Gasteiger partial charge in [-0.3, -0.25) is 37.3 Å². The summed E-state index contributed by atoms with van der Waals surface area (Å²) in [5, 5.41) is 10.6. The van der Waals surface area contributed by atoms with Crippen molar-refractivity contribution < 1.29 is 80.2 Å². The number of phosphoric ester groups is 2. The van der Waals surface area contributed by atoms with E-state index >= 15 is 0 Å². The quantitative estimate of drug-likeness (QED) is 0.0169. The number of carbonyl (C=O) groups is 4. The van der Waals surface area contributed by atoms with Gasteiger partial charge in [0.15, 0.2) is 12.2 Å². The predicted octanol–water partition coefficient (Wildman–Crippen LogP) is 22.2. The normalized spacial score (nSPS) is 14.4. The highest BCUT2D eigenvalue weighted by atomic mass is 31.2. The maximum atomic E-state index is 13.1. The Kier molecular flexibility index (Phi) is 68.9. The lowest BCUT2D eigenvalue weighted by Gasteiger charge is -2.21. The van der Waals surface area contributed by atoms with E-state index in [1.165, 1.54) is 77.0 Å². The number of allylic oxidation sites excluding steroid dienone is 14. The highest BCUT2D eigenvalue weighted by Crippen LogP contribution is 2.45. The molecule has 0 radical (unpaired) electrons. The molecule has 98 heavy (non-hydrogen) atoms. The topological polar surface area (TPSA) is 237 Å². The van der Waals surface area contributed by atoms with Crippen molar-refractivity contribution in [2.45, 2.75) is 354 Å². The number of hydrogen-bond acceptors (Lipinski definition) is 15. The summed E-state index contributed by atoms with van der Waals surface area (Å²) in [7, 11) is -9.95. The van der Waals surface area contributed by atoms with Crippen LogP contribution >= 0.6 is 15.6 Å². The van der Waals surface area contributed by atoms with Crippen molar-refractivity contribution in [2.75, 3.05) is 39.6 Å². The Hall–Kier alpha value is -3.76. The monoisotopic (exact) mass is 1420 g/mol. The van der Waals surface area contributed by atoms with Gasteiger partial charge >= 0.3 is 39.5 Å². The van der Waals surface area contributed by atoms with Crippen LogP contribution in [-0.4, -0.2) is 96.7 Å². The summed E-state index contributed by atoms with van der Waals surface area (Å²) in [6.45, 7) is 4.69. The van der Waals surface area contributed by atoms with Gasteiger partial charge in [-0.25, -0.2) is 9.13 Å². The van der Waals surface area contributed by atoms with Gasteiger partial charge < -0.3 is 33.8 Å². The van der Waals surface area contributed by atoms with Crippen molar-refractivity contribution in [3.05, 3.63) is 85.1 Å². The van der Waals surface area contributed by atoms with Gasteiger partial charge in [-0.15, -0.1) is 0 Å². The first kappa shape index (κ1) is 94.2. The van der Waals surface area contributed by atoms with E-state index in [1.807, 2.05) is 0 Å². The molecule has 0 aliphatic rings. The van der Waals surface area contributed by atoms with E-state index in [9.17, 15) is 43.2 Å². The summed E-state index contributed by atoms with van der Waals surface area (Å²) in [5.74, 6) is -2.20. The molecule has 0 bridgehead atoms. The highest BCUT2D eigenvalue weighted by Gasteiger charge is 2.30. The van der Waals surface area contributed by atoms with E-state index in [0.29, 0.717) is 25.7 Å². The van der Waals surface area contributed by atoms with Crippen molar-refractivity contribution in [1.82, 2.24) is 0 Å². The molecule has 568 valence electrons. The Morgan fingerprint density at radius 3 is 0.867 bits per heavy atom. The molecule has 0 aliphatic carbocycles. The largest absolute Gasteiger partial charge is 0.472 e. The maximum Gasteiger partial charge on any atom is 0.472 e. The molecule has 0 saturated heterocycles. The van der Waals surface area contributed by atoms with E-state index in [0.717, 1.165) is 180 Å². The smallest absolute Gasteiger partial charge is 0.462 e. The summed E-state index contributed by atoms with van der Waals surface area (Å²) < 4.78 is 68.4. The molecule has 19 heteroatoms. The van der Waals surface area contributed by atoms with Gasteiger partial charge in [0.05, 0.1) is 26.4 Å². The molecule has 0 fully saturated rings. The molecule has 17 nitrogen and oxygen atoms in total. The van der Waals surface area contributed by atoms with Crippen LogP contribution in [0.15, 0.2) is 85.1 Å². The van der Waals surface area contributed by atoms with Crippen LogP contribution in [0.1, 0.15) is 336 Å². The summed E-state index contributed by atoms with van der Waals surface area (Å²) in [4.78, 5) is 72.8. The Labute approximate surface area is 595 Å². The molecule has 0 aliphatic heterocycles. The molecule has 0 aromatic rings. The second-order valence-corrected chi connectivity index (χ2v) is 28.8. The van der Waals surface area contributed by atoms with Gasteiger partial charge in [0.2, 0.25) is 0 Å². The molecule has 0 heterocycles. The van der Waals surface area contributed by atoms with Crippen molar-refractivity contribution in [1.29, 1.82) is 0 Å². The number of phosphoric acid groups is 2. The van der Waals surface area contributed by atoms with E-state index in [4.69, 9.17) is 37.0 Å². The van der Waals surface area contributed by atoms with Gasteiger partial charge in [0.1, 0.15) is 19.3 Å². The third-order valence-corrected chi connectivity index (χ3v) is 18.2. The molecular formula is C79H140O17P2. The van der Waals surface area contributed by atoms with Crippen LogP contribution in [0.4, 0.5) is 0 Å². The van der Waals surface area contributed by atoms with Crippen molar-refractivity contribution in [3.63, 3.8) is 0 Å². The van der Waals surface area contributed by atoms with Gasteiger partial charge in [0.25, 0.3) is 0 Å². The summed E-state index contributed by atoms with van der Waals surface area (Å²) in [6.07, 6.45) is 72.9. The number of unbranched alkanes of at least 4 members (excludes halogenated alkanes) is 33. The van der Waals surface area contributed by atoms with Gasteiger partial charge in [-0.1, -0.05) is 260 Å². The van der Waals surface area contributed by atoms with Crippen LogP contribution in [-0.2, 0) is 65.4 Å². The molecule has 0 spiro atoms. The van der Waals surface area contributed by atoms with Gasteiger partial charge in [-0.2, -0.15) is 0 Å². The molecule has 0 aromatic heterocycles. The number of esters is 4. The molecule has 5 unspecified atom stereocenters. The summed E-state index contributed by atoms with van der Waals surface area (Å²) in [6, 6.07) is 0. The zero-order valence-corrected chi connectivity index (χ0v) is 63.7. The van der Waals surface area contributed by atoms with Crippen LogP contribution < -0.4 is 0 Å². The second kappa shape index (κ2) is 71.6. The third kappa shape index (κ3) is 70.7. The van der Waals surface area contributed by atoms with Gasteiger partial charge in [-0.05, 0) is 135 Å². The molecule has 3 N–H and O–H groups in total. The van der Waals surface area contributed by atoms with Crippen molar-refractivity contribution in [2.24, 2.45) is 0 Å². The van der Waals surface area contributed by atoms with Crippen LogP contribution in [0.25, 0.3) is 0 Å². The Morgan fingerprint density at radius 1 is 0.296 bits per heavy atom. The van der Waals surface area contributed by atoms with E-state index in [-0.39, 0.29) is 25.7 Å². The minimum atomic E-state index is -4.98. The number of aliphatic hydroxyl groups is 1. The zero-order chi connectivity index (χ0) is 71.8. The van der Waals surface area contributed by atoms with E-state index < -0.39 is 97.5 Å². The van der Waals surface area contributed by atoms with Crippen LogP contribution in [0.3, 0.4) is 0 Å². The number of hydrogen-bond donors (Lipinski definition) is 3. The minimum Gasteiger partial charge on any atom is -0.462 e. The standard InChI is InChI=1S/C79H140O17P2/c1-5-9-13-17-21-25-29-32-34-35-36-37-39-41-45-48-52-56-60-64-77(82)90-70-75(96-79(84)66-62-58-54-50-46-42-38-33-30-26-22-18-14-10-6-2)72-94-98(87,88)92-68-73(80)67-91-97(85,86)93-71-74(95-78(83)65-61-57-53-49-43-28-24-20-16-12-8-4)69-89-76(81)63-59-55-51-47-44-40-31-27-23-19-15-11-7-3/h9,13,20-21,24-25,27,31-34,36-38,73-75,80H,5-8,10-12,14-19,22-23,26,28-30,35,39-72H2,1-4H3,(H,85,86)(H,87,88)/b13-9-,24-20-,25-21-,31-27-,34-32-,37-36-,38-33-. The molecule has 0 saturated carbocycles. The Bertz CT molecular complexity index is 2190. The van der Waals surface area contributed by atoms with Gasteiger partial charge in [0, 0.05) is 25.7 Å². The average Bonchev–Trinajstić information content (AvgIpc) is 0.992. The maximum absolute atomic E-state index is 13.1. The van der Waals surface area contributed by atoms with Crippen LogP contribution in [0.5, 0.6) is 0 Å². The first-order valence-corrected chi connectivity index (χ1v) is 41.8. The van der Waals surface area contributed by atoms with Crippen LogP contribution in [0, 0.1) is 0 Å². The van der Waals surface area contributed by atoms with E-state index in [2.05, 4.69) is 113 Å². The first-order valence-electron chi connectivity index (χ1n) is 38.8. The average molecular weight is 1420 g/mol. The van der Waals surface area contributed by atoms with Crippen LogP contribution in [0.2, 0.25) is 0 Å². The Morgan fingerprint density at radius 2 is 0.541 bits per heavy atom. The number of carbonyl (C=O) groups excluding carboxylic acids is 4. The SMILES string of the molecule is CC/C=C\C/C=C\C/C=C\C/C=C\CCCCCCCCC(=O)OCC(COP(=O)(O)OCC(O)COP(=O)(O)OCC(COC(=O)CCCCCCC/C=C\CCCCCC)OC(=O)CCCCCCC/C=C\CCCC)OC(=O)CCCCCCC/C=C\CCCCCCCC. The summed E-state index contributed by atoms with van der Waals surface area (Å²) in [5.41, 5.74) is 0. The van der Waals surface area contributed by atoms with Crippen molar-refractivity contribution in [3.8, 4) is 0 Å². The third-order valence-electron chi connectivity index (χ3n) is 16.3. The number of rotatable bonds is 73. The lowest BCUT2D eigenvalue weighted by molar-refractivity contribution is -0.161. The minimum absolute atomic E-state index is 0.0828. The summed E-state index contributed by atoms with van der Waals surface area (Å²) >= 11 is 0. The predicted molar refractivity (Wildman–Crippen MR) is 399 cm³/mol. The van der Waals surface area contributed by atoms with Crippen molar-refractivity contribution >= 4 is 39.5 Å². The Balaban J connectivity index is 5.33. The fraction of sp³-hybridized carbons (Fsp3) is 0.772. The fourth-order valence-corrected chi connectivity index (χ4v) is 11.9. The molecular weight excluding hydrogens is 1280 g/mol. The number of aliphatic hydroxyl groups excluding tert-OH is 1. The molecule has 0 amide bonds. The zero-order valence-electron chi connectivity index (χ0n) is 62.0. The first-order chi connectivity index (χ1) is 47.7. The number of ether oxygens (including phenoxy) is 4. The molecule has 0 rings (SSSR count). The highest BCUT2D eigenvalue weighted by molar-refractivity contribution is 7.47.